The van der Waals surface area contributed by atoms with Crippen LogP contribution in [0.15, 0.2) is 24.3 Å². The Morgan fingerprint density at radius 2 is 1.81 bits per heavy atom. The third kappa shape index (κ3) is 5.61. The summed E-state index contributed by atoms with van der Waals surface area (Å²) in [7, 11) is 5.26. The van der Waals surface area contributed by atoms with E-state index < -0.39 is 6.04 Å². The molecular formula is C28H41N5O4. The highest BCUT2D eigenvalue weighted by Gasteiger charge is 2.38. The number of amides is 3. The number of hydrogen-bond acceptors (Lipinski definition) is 5. The molecule has 2 heterocycles. The van der Waals surface area contributed by atoms with Crippen molar-refractivity contribution in [2.24, 2.45) is 13.0 Å². The van der Waals surface area contributed by atoms with E-state index in [0.29, 0.717) is 25.3 Å². The highest BCUT2D eigenvalue weighted by atomic mass is 16.5. The lowest BCUT2D eigenvalue weighted by molar-refractivity contribution is -0.140. The second-order valence-corrected chi connectivity index (χ2v) is 10.5. The largest absolute Gasteiger partial charge is 0.497 e. The van der Waals surface area contributed by atoms with E-state index in [4.69, 9.17) is 4.74 Å². The third-order valence-corrected chi connectivity index (χ3v) is 8.18. The number of aryl methyl sites for hydroxylation is 1. The number of nitrogens with one attached hydrogen (secondary N) is 2. The van der Waals surface area contributed by atoms with Gasteiger partial charge in [-0.15, -0.1) is 0 Å². The molecule has 1 saturated heterocycles. The Balaban J connectivity index is 1.48. The lowest BCUT2D eigenvalue weighted by Crippen LogP contribution is -2.61. The molecule has 1 aliphatic carbocycles. The van der Waals surface area contributed by atoms with E-state index >= 15 is 0 Å². The molecule has 3 atom stereocenters. The molecular weight excluding hydrogens is 470 g/mol. The summed E-state index contributed by atoms with van der Waals surface area (Å²) in [6, 6.07) is 6.66. The van der Waals surface area contributed by atoms with Crippen molar-refractivity contribution in [2.75, 3.05) is 33.8 Å². The van der Waals surface area contributed by atoms with Gasteiger partial charge >= 0.3 is 0 Å². The fourth-order valence-corrected chi connectivity index (χ4v) is 5.70. The smallest absolute Gasteiger partial charge is 0.270 e. The number of likely N-dealkylation sites (N-methyl/N-ethyl adjacent to an activating group) is 1. The van der Waals surface area contributed by atoms with E-state index in [9.17, 15) is 14.4 Å². The minimum absolute atomic E-state index is 0.0285. The highest BCUT2D eigenvalue weighted by molar-refractivity contribution is 5.99. The number of fused-ring (bicyclic) bond motifs is 1. The molecule has 37 heavy (non-hydrogen) atoms. The Bertz CT molecular complexity index is 1140. The molecule has 2 aromatic rings. The van der Waals surface area contributed by atoms with Crippen molar-refractivity contribution in [1.29, 1.82) is 0 Å². The number of nitrogens with zero attached hydrogens (tertiary/aromatic N) is 3. The Kier molecular flexibility index (Phi) is 8.42. The zero-order valence-corrected chi connectivity index (χ0v) is 22.8. The van der Waals surface area contributed by atoms with Gasteiger partial charge in [0, 0.05) is 44.2 Å². The average Bonchev–Trinajstić information content (AvgIpc) is 3.26. The van der Waals surface area contributed by atoms with Gasteiger partial charge < -0.3 is 29.7 Å². The first-order valence-electron chi connectivity index (χ1n) is 13.5. The maximum Gasteiger partial charge on any atom is 0.270 e. The highest BCUT2D eigenvalue weighted by Crippen LogP contribution is 2.29. The Hall–Kier alpha value is -3.07. The van der Waals surface area contributed by atoms with Gasteiger partial charge in [-0.25, -0.2) is 0 Å². The summed E-state index contributed by atoms with van der Waals surface area (Å²) in [5.41, 5.74) is 1.55. The number of aromatic nitrogens is 1. The summed E-state index contributed by atoms with van der Waals surface area (Å²) in [6.45, 7) is 5.14. The van der Waals surface area contributed by atoms with Crippen molar-refractivity contribution in [2.45, 2.75) is 64.1 Å². The summed E-state index contributed by atoms with van der Waals surface area (Å²) in [6.07, 6.45) is 5.24. The molecule has 4 rings (SSSR count). The van der Waals surface area contributed by atoms with Crippen molar-refractivity contribution >= 4 is 28.6 Å². The molecule has 0 radical (unpaired) electrons. The van der Waals surface area contributed by atoms with Gasteiger partial charge in [0.2, 0.25) is 11.8 Å². The summed E-state index contributed by atoms with van der Waals surface area (Å²) in [5.74, 6) is 0.672. The van der Waals surface area contributed by atoms with E-state index in [0.717, 1.165) is 42.3 Å². The minimum Gasteiger partial charge on any atom is -0.497 e. The molecule has 1 saturated carbocycles. The van der Waals surface area contributed by atoms with Crippen molar-refractivity contribution < 1.29 is 19.1 Å². The van der Waals surface area contributed by atoms with Crippen molar-refractivity contribution in [3.8, 4) is 5.75 Å². The quantitative estimate of drug-likeness (QED) is 0.596. The summed E-state index contributed by atoms with van der Waals surface area (Å²) in [5, 5.41) is 7.00. The van der Waals surface area contributed by atoms with Gasteiger partial charge in [0.15, 0.2) is 0 Å². The van der Waals surface area contributed by atoms with Crippen LogP contribution in [0, 0.1) is 5.92 Å². The first kappa shape index (κ1) is 27.0. The Morgan fingerprint density at radius 3 is 2.46 bits per heavy atom. The molecule has 1 aromatic carbocycles. The fourth-order valence-electron chi connectivity index (χ4n) is 5.70. The molecule has 2 N–H and O–H groups in total. The molecule has 2 aliphatic rings. The molecule has 3 amide bonds. The molecule has 1 aliphatic heterocycles. The predicted molar refractivity (Wildman–Crippen MR) is 144 cm³/mol. The minimum atomic E-state index is -0.522. The number of piperazine rings is 1. The number of benzene rings is 1. The predicted octanol–water partition coefficient (Wildman–Crippen LogP) is 2.53. The molecule has 2 fully saturated rings. The summed E-state index contributed by atoms with van der Waals surface area (Å²) >= 11 is 0. The van der Waals surface area contributed by atoms with Crippen LogP contribution in [0.2, 0.25) is 0 Å². The fraction of sp³-hybridized carbons (Fsp3) is 0.607. The van der Waals surface area contributed by atoms with Crippen molar-refractivity contribution in [1.82, 2.24) is 25.0 Å². The molecule has 1 aromatic heterocycles. The molecule has 0 spiro atoms. The van der Waals surface area contributed by atoms with Crippen LogP contribution in [0.3, 0.4) is 0 Å². The van der Waals surface area contributed by atoms with Crippen LogP contribution >= 0.6 is 0 Å². The number of carbonyl (C=O) groups excluding carboxylic acids is 3. The van der Waals surface area contributed by atoms with E-state index in [-0.39, 0.29) is 35.7 Å². The standard InChI is InChI=1S/C28H41N5O4/c1-18-17-32(28(36)25(20-9-7-6-8-10-20)30-26(34)19(2)29-3)13-14-33(18)27(35)24-15-21-11-12-22(37-5)16-23(21)31(24)4/h11-12,15-16,18-20,25,29H,6-10,13-14,17H2,1-5H3,(H,30,34)/t18-,19-,25-/m0/s1. The number of hydrogen-bond donors (Lipinski definition) is 2. The van der Waals surface area contributed by atoms with Gasteiger partial charge in [-0.05, 0) is 57.9 Å². The monoisotopic (exact) mass is 511 g/mol. The second-order valence-electron chi connectivity index (χ2n) is 10.5. The summed E-state index contributed by atoms with van der Waals surface area (Å²) < 4.78 is 7.25. The lowest BCUT2D eigenvalue weighted by Gasteiger charge is -2.42. The Morgan fingerprint density at radius 1 is 1.08 bits per heavy atom. The molecule has 202 valence electrons. The third-order valence-electron chi connectivity index (χ3n) is 8.18. The SMILES string of the molecule is CN[C@@H](C)C(=O)N[C@H](C(=O)N1CCN(C(=O)c2cc3ccc(OC)cc3n2C)[C@@H](C)C1)C1CCCCC1. The zero-order valence-electron chi connectivity index (χ0n) is 22.8. The molecule has 9 nitrogen and oxygen atoms in total. The number of ether oxygens (including phenoxy) is 1. The molecule has 9 heteroatoms. The van der Waals surface area contributed by atoms with E-state index in [1.165, 1.54) is 6.42 Å². The van der Waals surface area contributed by atoms with Crippen LogP contribution in [0.25, 0.3) is 10.9 Å². The topological polar surface area (TPSA) is 95.9 Å². The normalized spacial score (nSPS) is 20.5. The van der Waals surface area contributed by atoms with Crippen molar-refractivity contribution in [3.63, 3.8) is 0 Å². The van der Waals surface area contributed by atoms with E-state index in [2.05, 4.69) is 10.6 Å². The van der Waals surface area contributed by atoms with Gasteiger partial charge in [-0.2, -0.15) is 0 Å². The van der Waals surface area contributed by atoms with Gasteiger partial charge in [-0.1, -0.05) is 19.3 Å². The second kappa shape index (κ2) is 11.5. The van der Waals surface area contributed by atoms with Crippen LogP contribution in [-0.2, 0) is 16.6 Å². The van der Waals surface area contributed by atoms with Crippen LogP contribution in [0.5, 0.6) is 5.75 Å². The molecule has 0 bridgehead atoms. The first-order valence-corrected chi connectivity index (χ1v) is 13.5. The maximum absolute atomic E-state index is 13.7. The van der Waals surface area contributed by atoms with Crippen LogP contribution in [0.1, 0.15) is 56.4 Å². The van der Waals surface area contributed by atoms with Crippen LogP contribution in [0.4, 0.5) is 0 Å². The number of carbonyl (C=O) groups is 3. The molecule has 0 unspecified atom stereocenters. The van der Waals surface area contributed by atoms with Crippen LogP contribution < -0.4 is 15.4 Å². The number of methoxy groups -OCH3 is 1. The van der Waals surface area contributed by atoms with E-state index in [1.54, 1.807) is 21.1 Å². The maximum atomic E-state index is 13.7. The number of rotatable bonds is 7. The van der Waals surface area contributed by atoms with Crippen molar-refractivity contribution in [3.05, 3.63) is 30.0 Å². The first-order chi connectivity index (χ1) is 17.7. The van der Waals surface area contributed by atoms with Gasteiger partial charge in [0.05, 0.1) is 18.7 Å². The van der Waals surface area contributed by atoms with Gasteiger partial charge in [0.25, 0.3) is 5.91 Å². The van der Waals surface area contributed by atoms with E-state index in [1.807, 2.05) is 52.6 Å². The van der Waals surface area contributed by atoms with Gasteiger partial charge in [0.1, 0.15) is 17.5 Å². The lowest BCUT2D eigenvalue weighted by atomic mass is 9.83. The van der Waals surface area contributed by atoms with Gasteiger partial charge in [-0.3, -0.25) is 14.4 Å². The van der Waals surface area contributed by atoms with Crippen LogP contribution in [-0.4, -0.2) is 84.0 Å². The Labute approximate surface area is 219 Å². The average molecular weight is 512 g/mol. The zero-order chi connectivity index (χ0) is 26.7. The summed E-state index contributed by atoms with van der Waals surface area (Å²) in [4.78, 5) is 43.7.